The zero-order valence-electron chi connectivity index (χ0n) is 9.84. The molecule has 0 aliphatic heterocycles. The fourth-order valence-electron chi connectivity index (χ4n) is 1.79. The minimum absolute atomic E-state index is 0.0707. The summed E-state index contributed by atoms with van der Waals surface area (Å²) >= 11 is 5.69. The molecule has 0 N–H and O–H groups in total. The second kappa shape index (κ2) is 5.36. The van der Waals surface area contributed by atoms with Crippen molar-refractivity contribution in [3.05, 3.63) is 34.9 Å². The smallest absolute Gasteiger partial charge is 0.250 e. The molecular formula is C12H16ClN3O. The zero-order valence-corrected chi connectivity index (χ0v) is 10.6. The first-order chi connectivity index (χ1) is 8.22. The van der Waals surface area contributed by atoms with Gasteiger partial charge in [0.25, 0.3) is 0 Å². The van der Waals surface area contributed by atoms with Crippen molar-refractivity contribution in [2.45, 2.75) is 26.3 Å². The summed E-state index contributed by atoms with van der Waals surface area (Å²) in [6.07, 6.45) is 3.64. The van der Waals surface area contributed by atoms with Gasteiger partial charge in [0.05, 0.1) is 0 Å². The molecule has 0 spiro atoms. The van der Waals surface area contributed by atoms with E-state index in [0.29, 0.717) is 24.0 Å². The molecule has 2 rings (SSSR count). The van der Waals surface area contributed by atoms with Gasteiger partial charge >= 0.3 is 5.69 Å². The molecule has 0 saturated carbocycles. The second-order valence-corrected chi connectivity index (χ2v) is 4.68. The lowest BCUT2D eigenvalue weighted by Gasteiger charge is -2.07. The van der Waals surface area contributed by atoms with Crippen LogP contribution in [-0.4, -0.2) is 20.1 Å². The highest BCUT2D eigenvalue weighted by molar-refractivity contribution is 6.17. The summed E-state index contributed by atoms with van der Waals surface area (Å²) in [6.45, 7) is 2.79. The van der Waals surface area contributed by atoms with Crippen LogP contribution in [0.2, 0.25) is 0 Å². The van der Waals surface area contributed by atoms with Crippen molar-refractivity contribution in [2.24, 2.45) is 5.92 Å². The summed E-state index contributed by atoms with van der Waals surface area (Å²) in [6, 6.07) is 5.54. The van der Waals surface area contributed by atoms with Gasteiger partial charge in [0.2, 0.25) is 0 Å². The molecule has 0 saturated heterocycles. The molecule has 0 amide bonds. The Balaban J connectivity index is 2.14. The van der Waals surface area contributed by atoms with Gasteiger partial charge in [0.15, 0.2) is 5.65 Å². The van der Waals surface area contributed by atoms with E-state index in [4.69, 9.17) is 11.6 Å². The molecule has 1 unspecified atom stereocenters. The Kier molecular flexibility index (Phi) is 3.84. The third kappa shape index (κ3) is 2.69. The monoisotopic (exact) mass is 253 g/mol. The van der Waals surface area contributed by atoms with Gasteiger partial charge in [-0.3, -0.25) is 4.40 Å². The molecule has 0 fully saturated rings. The molecule has 4 nitrogen and oxygen atoms in total. The molecule has 0 radical (unpaired) electrons. The Morgan fingerprint density at radius 2 is 2.24 bits per heavy atom. The minimum atomic E-state index is -0.0707. The summed E-state index contributed by atoms with van der Waals surface area (Å²) < 4.78 is 3.09. The van der Waals surface area contributed by atoms with Crippen LogP contribution in [0.15, 0.2) is 29.2 Å². The van der Waals surface area contributed by atoms with Gasteiger partial charge in [-0.1, -0.05) is 13.0 Å². The average molecular weight is 254 g/mol. The number of nitrogens with zero attached hydrogens (tertiary/aromatic N) is 3. The van der Waals surface area contributed by atoms with Crippen LogP contribution < -0.4 is 5.69 Å². The quantitative estimate of drug-likeness (QED) is 0.766. The third-order valence-electron chi connectivity index (χ3n) is 2.92. The SMILES string of the molecule is CC(CCCl)CCn1nc2ccccn2c1=O. The number of hydrogen-bond donors (Lipinski definition) is 0. The molecule has 5 heteroatoms. The van der Waals surface area contributed by atoms with E-state index in [1.165, 1.54) is 4.68 Å². The normalized spacial score (nSPS) is 13.1. The largest absolute Gasteiger partial charge is 0.350 e. The summed E-state index contributed by atoms with van der Waals surface area (Å²) in [7, 11) is 0. The highest BCUT2D eigenvalue weighted by Gasteiger charge is 2.07. The van der Waals surface area contributed by atoms with Gasteiger partial charge in [-0.05, 0) is 30.9 Å². The molecule has 2 aromatic heterocycles. The first kappa shape index (κ1) is 12.2. The maximum atomic E-state index is 11.9. The summed E-state index contributed by atoms with van der Waals surface area (Å²) in [4.78, 5) is 11.9. The topological polar surface area (TPSA) is 39.3 Å². The van der Waals surface area contributed by atoms with Crippen molar-refractivity contribution < 1.29 is 0 Å². The number of rotatable bonds is 5. The third-order valence-corrected chi connectivity index (χ3v) is 3.14. The molecule has 92 valence electrons. The lowest BCUT2D eigenvalue weighted by atomic mass is 10.1. The van der Waals surface area contributed by atoms with E-state index >= 15 is 0 Å². The van der Waals surface area contributed by atoms with Crippen molar-refractivity contribution in [3.63, 3.8) is 0 Å². The Labute approximate surface area is 105 Å². The molecule has 0 aliphatic rings. The Bertz CT molecular complexity index is 546. The molecule has 0 aliphatic carbocycles. The number of alkyl halides is 1. The van der Waals surface area contributed by atoms with Crippen LogP contribution >= 0.6 is 11.6 Å². The highest BCUT2D eigenvalue weighted by Crippen LogP contribution is 2.09. The molecule has 2 heterocycles. The van der Waals surface area contributed by atoms with E-state index in [0.717, 1.165) is 12.8 Å². The molecule has 1 atom stereocenters. The average Bonchev–Trinajstić information content (AvgIpc) is 2.65. The van der Waals surface area contributed by atoms with E-state index in [9.17, 15) is 4.79 Å². The summed E-state index contributed by atoms with van der Waals surface area (Å²) in [5, 5.41) is 4.28. The fraction of sp³-hybridized carbons (Fsp3) is 0.500. The first-order valence-corrected chi connectivity index (χ1v) is 6.36. The van der Waals surface area contributed by atoms with Gasteiger partial charge in [0.1, 0.15) is 0 Å². The molecule has 17 heavy (non-hydrogen) atoms. The van der Waals surface area contributed by atoms with E-state index in [-0.39, 0.29) is 5.69 Å². The summed E-state index contributed by atoms with van der Waals surface area (Å²) in [5.74, 6) is 1.19. The van der Waals surface area contributed by atoms with Gasteiger partial charge in [-0.15, -0.1) is 16.7 Å². The lowest BCUT2D eigenvalue weighted by Crippen LogP contribution is -2.22. The van der Waals surface area contributed by atoms with Crippen molar-refractivity contribution in [2.75, 3.05) is 5.88 Å². The van der Waals surface area contributed by atoms with E-state index in [2.05, 4.69) is 12.0 Å². The zero-order chi connectivity index (χ0) is 12.3. The van der Waals surface area contributed by atoms with Crippen LogP contribution in [0, 0.1) is 5.92 Å². The van der Waals surface area contributed by atoms with Gasteiger partial charge in [0, 0.05) is 18.6 Å². The lowest BCUT2D eigenvalue weighted by molar-refractivity contribution is 0.443. The predicted octanol–water partition coefficient (Wildman–Crippen LogP) is 2.15. The number of fused-ring (bicyclic) bond motifs is 1. The predicted molar refractivity (Wildman–Crippen MR) is 68.6 cm³/mol. The van der Waals surface area contributed by atoms with Gasteiger partial charge in [-0.25, -0.2) is 9.48 Å². The van der Waals surface area contributed by atoms with Crippen molar-refractivity contribution in [1.29, 1.82) is 0 Å². The van der Waals surface area contributed by atoms with Crippen molar-refractivity contribution >= 4 is 17.2 Å². The van der Waals surface area contributed by atoms with Crippen LogP contribution in [0.5, 0.6) is 0 Å². The van der Waals surface area contributed by atoms with Crippen molar-refractivity contribution in [3.8, 4) is 0 Å². The molecular weight excluding hydrogens is 238 g/mol. The van der Waals surface area contributed by atoms with Crippen LogP contribution in [0.25, 0.3) is 5.65 Å². The Morgan fingerprint density at radius 1 is 1.41 bits per heavy atom. The van der Waals surface area contributed by atoms with Crippen LogP contribution in [-0.2, 0) is 6.54 Å². The van der Waals surface area contributed by atoms with Crippen LogP contribution in [0.4, 0.5) is 0 Å². The standard InChI is InChI=1S/C12H16ClN3O/c1-10(5-7-13)6-9-16-12(17)15-8-3-2-4-11(15)14-16/h2-4,8,10H,5-7,9H2,1H3. The van der Waals surface area contributed by atoms with E-state index in [1.54, 1.807) is 10.6 Å². The Hall–Kier alpha value is -1.29. The van der Waals surface area contributed by atoms with E-state index < -0.39 is 0 Å². The maximum Gasteiger partial charge on any atom is 0.350 e. The number of aryl methyl sites for hydroxylation is 1. The minimum Gasteiger partial charge on any atom is -0.250 e. The van der Waals surface area contributed by atoms with E-state index in [1.807, 2.05) is 18.2 Å². The molecule has 2 aromatic rings. The number of aromatic nitrogens is 3. The first-order valence-electron chi connectivity index (χ1n) is 5.82. The summed E-state index contributed by atoms with van der Waals surface area (Å²) in [5.41, 5.74) is 0.626. The van der Waals surface area contributed by atoms with Crippen LogP contribution in [0.1, 0.15) is 19.8 Å². The number of hydrogen-bond acceptors (Lipinski definition) is 2. The molecule has 0 aromatic carbocycles. The number of halogens is 1. The van der Waals surface area contributed by atoms with Gasteiger partial charge in [-0.2, -0.15) is 0 Å². The van der Waals surface area contributed by atoms with Crippen molar-refractivity contribution in [1.82, 2.24) is 14.2 Å². The highest BCUT2D eigenvalue weighted by atomic mass is 35.5. The second-order valence-electron chi connectivity index (χ2n) is 4.31. The number of pyridine rings is 1. The van der Waals surface area contributed by atoms with Gasteiger partial charge < -0.3 is 0 Å². The fourth-order valence-corrected chi connectivity index (χ4v) is 2.16. The van der Waals surface area contributed by atoms with Crippen LogP contribution in [0.3, 0.4) is 0 Å². The Morgan fingerprint density at radius 3 is 2.94 bits per heavy atom. The maximum absolute atomic E-state index is 11.9. The molecule has 0 bridgehead atoms.